The molecule has 0 unspecified atom stereocenters. The van der Waals surface area contributed by atoms with Gasteiger partial charge in [0.1, 0.15) is 0 Å². The number of aliphatic hydroxyl groups is 1. The second-order valence-electron chi connectivity index (χ2n) is 5.87. The molecule has 1 atom stereocenters. The number of hydrogen-bond donors (Lipinski definition) is 1. The third-order valence-electron chi connectivity index (χ3n) is 4.33. The molecule has 1 N–H and O–H groups in total. The van der Waals surface area contributed by atoms with Crippen LogP contribution in [0.5, 0.6) is 0 Å². The van der Waals surface area contributed by atoms with Crippen molar-refractivity contribution < 1.29 is 5.11 Å². The Kier molecular flexibility index (Phi) is 3.98. The Bertz CT molecular complexity index is 635. The first-order valence-electron chi connectivity index (χ1n) is 7.84. The minimum atomic E-state index is -0.392. The molecular formula is C19H23NO. The van der Waals surface area contributed by atoms with Gasteiger partial charge in [0.15, 0.2) is 0 Å². The van der Waals surface area contributed by atoms with Gasteiger partial charge >= 0.3 is 0 Å². The van der Waals surface area contributed by atoms with E-state index in [2.05, 4.69) is 42.2 Å². The van der Waals surface area contributed by atoms with Crippen LogP contribution in [0.2, 0.25) is 0 Å². The molecule has 0 spiro atoms. The van der Waals surface area contributed by atoms with Crippen LogP contribution in [-0.4, -0.2) is 11.7 Å². The lowest BCUT2D eigenvalue weighted by Crippen LogP contribution is -2.26. The zero-order chi connectivity index (χ0) is 14.8. The summed E-state index contributed by atoms with van der Waals surface area (Å²) in [6.45, 7) is 5.19. The molecular weight excluding hydrogens is 258 g/mol. The number of para-hydroxylation sites is 1. The number of benzene rings is 2. The summed E-state index contributed by atoms with van der Waals surface area (Å²) >= 11 is 0. The van der Waals surface area contributed by atoms with E-state index in [1.54, 1.807) is 0 Å². The molecule has 2 nitrogen and oxygen atoms in total. The first kappa shape index (κ1) is 14.2. The number of anilines is 2. The lowest BCUT2D eigenvalue weighted by molar-refractivity contribution is 0.174. The van der Waals surface area contributed by atoms with E-state index in [1.165, 1.54) is 16.8 Å². The zero-order valence-corrected chi connectivity index (χ0v) is 12.8. The van der Waals surface area contributed by atoms with Gasteiger partial charge in [-0.15, -0.1) is 0 Å². The van der Waals surface area contributed by atoms with Crippen LogP contribution in [0.4, 0.5) is 11.4 Å². The van der Waals surface area contributed by atoms with E-state index in [4.69, 9.17) is 0 Å². The SMILES string of the molecule is CC[C@@H](O)c1ccccc1N1CCCc2cc(C)ccc21. The largest absolute Gasteiger partial charge is 0.388 e. The summed E-state index contributed by atoms with van der Waals surface area (Å²) in [5.74, 6) is 0. The second-order valence-corrected chi connectivity index (χ2v) is 5.87. The van der Waals surface area contributed by atoms with Crippen LogP contribution in [0.3, 0.4) is 0 Å². The molecule has 2 aromatic rings. The van der Waals surface area contributed by atoms with Gasteiger partial charge in [-0.3, -0.25) is 0 Å². The fourth-order valence-corrected chi connectivity index (χ4v) is 3.21. The van der Waals surface area contributed by atoms with Crippen LogP contribution < -0.4 is 4.90 Å². The summed E-state index contributed by atoms with van der Waals surface area (Å²) in [6.07, 6.45) is 2.65. The average Bonchev–Trinajstić information content (AvgIpc) is 2.53. The second kappa shape index (κ2) is 5.90. The van der Waals surface area contributed by atoms with E-state index in [9.17, 15) is 5.11 Å². The standard InChI is InChI=1S/C19H23NO/c1-3-19(21)16-8-4-5-9-18(16)20-12-6-7-15-13-14(2)10-11-17(15)20/h4-5,8-11,13,19,21H,3,6-7,12H2,1-2H3/t19-/m1/s1. The van der Waals surface area contributed by atoms with Gasteiger partial charge in [0, 0.05) is 23.5 Å². The molecule has 0 saturated heterocycles. The Balaban J connectivity index is 2.07. The predicted octanol–water partition coefficient (Wildman–Crippen LogP) is 4.52. The Morgan fingerprint density at radius 1 is 1.14 bits per heavy atom. The molecule has 2 heteroatoms. The molecule has 0 aromatic heterocycles. The molecule has 0 amide bonds. The van der Waals surface area contributed by atoms with Gasteiger partial charge in [0.05, 0.1) is 6.10 Å². The fourth-order valence-electron chi connectivity index (χ4n) is 3.21. The minimum absolute atomic E-state index is 0.392. The summed E-state index contributed by atoms with van der Waals surface area (Å²) in [6, 6.07) is 14.9. The molecule has 1 heterocycles. The molecule has 0 bridgehead atoms. The number of nitrogens with zero attached hydrogens (tertiary/aromatic N) is 1. The summed E-state index contributed by atoms with van der Waals surface area (Å²) < 4.78 is 0. The van der Waals surface area contributed by atoms with Crippen molar-refractivity contribution in [2.45, 2.75) is 39.2 Å². The van der Waals surface area contributed by atoms with E-state index in [0.29, 0.717) is 0 Å². The number of aliphatic hydroxyl groups excluding tert-OH is 1. The maximum Gasteiger partial charge on any atom is 0.0807 e. The quantitative estimate of drug-likeness (QED) is 0.894. The monoisotopic (exact) mass is 281 g/mol. The first-order valence-corrected chi connectivity index (χ1v) is 7.84. The van der Waals surface area contributed by atoms with Crippen molar-refractivity contribution in [2.24, 2.45) is 0 Å². The van der Waals surface area contributed by atoms with E-state index in [1.807, 2.05) is 19.1 Å². The Labute approximate surface area is 127 Å². The van der Waals surface area contributed by atoms with Gasteiger partial charge < -0.3 is 10.0 Å². The van der Waals surface area contributed by atoms with Crippen LogP contribution in [-0.2, 0) is 6.42 Å². The van der Waals surface area contributed by atoms with Gasteiger partial charge in [-0.1, -0.05) is 42.8 Å². The Hall–Kier alpha value is -1.80. The fraction of sp³-hybridized carbons (Fsp3) is 0.368. The third kappa shape index (κ3) is 2.68. The molecule has 0 fully saturated rings. The molecule has 1 aliphatic rings. The van der Waals surface area contributed by atoms with Crippen LogP contribution in [0.15, 0.2) is 42.5 Å². The summed E-state index contributed by atoms with van der Waals surface area (Å²) in [4.78, 5) is 2.37. The van der Waals surface area contributed by atoms with Gasteiger partial charge in [-0.2, -0.15) is 0 Å². The highest BCUT2D eigenvalue weighted by molar-refractivity contribution is 5.71. The van der Waals surface area contributed by atoms with E-state index < -0.39 is 6.10 Å². The molecule has 3 rings (SSSR count). The van der Waals surface area contributed by atoms with Crippen LogP contribution >= 0.6 is 0 Å². The van der Waals surface area contributed by atoms with Gasteiger partial charge in [-0.25, -0.2) is 0 Å². The number of rotatable bonds is 3. The predicted molar refractivity (Wildman–Crippen MR) is 88.2 cm³/mol. The van der Waals surface area contributed by atoms with Crippen molar-refractivity contribution in [1.29, 1.82) is 0 Å². The highest BCUT2D eigenvalue weighted by Crippen LogP contribution is 2.37. The number of fused-ring (bicyclic) bond motifs is 1. The molecule has 110 valence electrons. The highest BCUT2D eigenvalue weighted by atomic mass is 16.3. The third-order valence-corrected chi connectivity index (χ3v) is 4.33. The van der Waals surface area contributed by atoms with E-state index >= 15 is 0 Å². The summed E-state index contributed by atoms with van der Waals surface area (Å²) in [5, 5.41) is 10.3. The maximum atomic E-state index is 10.3. The Morgan fingerprint density at radius 2 is 1.95 bits per heavy atom. The summed E-state index contributed by atoms with van der Waals surface area (Å²) in [7, 11) is 0. The van der Waals surface area contributed by atoms with Crippen LogP contribution in [0.1, 0.15) is 42.6 Å². The lowest BCUT2D eigenvalue weighted by Gasteiger charge is -2.33. The van der Waals surface area contributed by atoms with E-state index in [-0.39, 0.29) is 0 Å². The van der Waals surface area contributed by atoms with Crippen molar-refractivity contribution in [2.75, 3.05) is 11.4 Å². The smallest absolute Gasteiger partial charge is 0.0807 e. The van der Waals surface area contributed by atoms with Crippen molar-refractivity contribution in [3.05, 3.63) is 59.2 Å². The molecule has 21 heavy (non-hydrogen) atoms. The Morgan fingerprint density at radius 3 is 2.76 bits per heavy atom. The summed E-state index contributed by atoms with van der Waals surface area (Å²) in [5.41, 5.74) is 6.22. The molecule has 0 saturated carbocycles. The number of aryl methyl sites for hydroxylation is 2. The van der Waals surface area contributed by atoms with Gasteiger partial charge in [-0.05, 0) is 43.9 Å². The highest BCUT2D eigenvalue weighted by Gasteiger charge is 2.21. The molecule has 1 aliphatic heterocycles. The molecule has 0 radical (unpaired) electrons. The zero-order valence-electron chi connectivity index (χ0n) is 12.8. The average molecular weight is 281 g/mol. The topological polar surface area (TPSA) is 23.5 Å². The van der Waals surface area contributed by atoms with Crippen molar-refractivity contribution >= 4 is 11.4 Å². The van der Waals surface area contributed by atoms with Crippen LogP contribution in [0.25, 0.3) is 0 Å². The normalized spacial score (nSPS) is 15.7. The van der Waals surface area contributed by atoms with E-state index in [0.717, 1.165) is 37.1 Å². The molecule has 2 aromatic carbocycles. The van der Waals surface area contributed by atoms with Crippen LogP contribution in [0, 0.1) is 6.92 Å². The van der Waals surface area contributed by atoms with Gasteiger partial charge in [0.25, 0.3) is 0 Å². The minimum Gasteiger partial charge on any atom is -0.388 e. The first-order chi connectivity index (χ1) is 10.2. The maximum absolute atomic E-state index is 10.3. The van der Waals surface area contributed by atoms with Gasteiger partial charge in [0.2, 0.25) is 0 Å². The van der Waals surface area contributed by atoms with Crippen molar-refractivity contribution in [3.8, 4) is 0 Å². The molecule has 0 aliphatic carbocycles. The lowest BCUT2D eigenvalue weighted by atomic mass is 9.97. The van der Waals surface area contributed by atoms with Crippen molar-refractivity contribution in [3.63, 3.8) is 0 Å². The number of hydrogen-bond acceptors (Lipinski definition) is 2. The van der Waals surface area contributed by atoms with Crippen molar-refractivity contribution in [1.82, 2.24) is 0 Å².